The molecule has 0 aromatic heterocycles. The van der Waals surface area contributed by atoms with Crippen molar-refractivity contribution >= 4 is 6.09 Å². The molecular weight excluding hydrogens is 319 g/mol. The topological polar surface area (TPSA) is 41.6 Å². The lowest BCUT2D eigenvalue weighted by Crippen LogP contribution is -2.52. The molecule has 4 nitrogen and oxygen atoms in total. The fourth-order valence-electron chi connectivity index (χ4n) is 3.06. The number of rotatable bonds is 5. The van der Waals surface area contributed by atoms with E-state index in [-0.39, 0.29) is 13.2 Å². The highest BCUT2D eigenvalue weighted by Crippen LogP contribution is 2.20. The largest absolute Gasteiger partial charge is 0.445 e. The number of carbonyl (C=O) groups is 1. The number of carbonyl (C=O) groups excluding carboxylic acids is 1. The van der Waals surface area contributed by atoms with Gasteiger partial charge in [-0.05, 0) is 24.1 Å². The van der Waals surface area contributed by atoms with Crippen LogP contribution < -0.4 is 5.32 Å². The summed E-state index contributed by atoms with van der Waals surface area (Å²) >= 11 is 0. The van der Waals surface area contributed by atoms with Crippen LogP contribution in [0.4, 0.5) is 9.18 Å². The molecule has 25 heavy (non-hydrogen) atoms. The van der Waals surface area contributed by atoms with Crippen molar-refractivity contribution in [1.29, 1.82) is 0 Å². The lowest BCUT2D eigenvalue weighted by molar-refractivity contribution is 0.0442. The van der Waals surface area contributed by atoms with Crippen LogP contribution in [0, 0.1) is 0 Å². The zero-order valence-electron chi connectivity index (χ0n) is 14.1. The van der Waals surface area contributed by atoms with Crippen LogP contribution in [-0.2, 0) is 17.9 Å². The first-order chi connectivity index (χ1) is 12.2. The molecule has 0 spiro atoms. The molecule has 1 aliphatic heterocycles. The summed E-state index contributed by atoms with van der Waals surface area (Å²) in [5, 5.41) is 3.03. The Balaban J connectivity index is 1.71. The van der Waals surface area contributed by atoms with Crippen molar-refractivity contribution in [3.05, 3.63) is 71.8 Å². The van der Waals surface area contributed by atoms with E-state index in [1.165, 1.54) is 4.90 Å². The standard InChI is InChI=1S/C20H23FN2O2/c21-18-13-22-12-11-19(18)23(14-16-7-3-1-4-8-16)20(24)25-15-17-9-5-2-6-10-17/h1-10,18-19,22H,11-15H2. The molecule has 0 radical (unpaired) electrons. The smallest absolute Gasteiger partial charge is 0.410 e. The van der Waals surface area contributed by atoms with Crippen molar-refractivity contribution in [3.8, 4) is 0 Å². The summed E-state index contributed by atoms with van der Waals surface area (Å²) in [6.45, 7) is 1.50. The number of nitrogens with one attached hydrogen (secondary N) is 1. The van der Waals surface area contributed by atoms with Gasteiger partial charge in [0.15, 0.2) is 0 Å². The van der Waals surface area contributed by atoms with Crippen molar-refractivity contribution < 1.29 is 13.9 Å². The molecule has 1 amide bonds. The van der Waals surface area contributed by atoms with Gasteiger partial charge in [0.2, 0.25) is 0 Å². The Kier molecular flexibility index (Phi) is 6.01. The lowest BCUT2D eigenvalue weighted by Gasteiger charge is -2.36. The number of amides is 1. The molecule has 132 valence electrons. The van der Waals surface area contributed by atoms with E-state index in [9.17, 15) is 9.18 Å². The van der Waals surface area contributed by atoms with E-state index in [2.05, 4.69) is 5.32 Å². The maximum absolute atomic E-state index is 14.4. The summed E-state index contributed by atoms with van der Waals surface area (Å²) in [6.07, 6.45) is -0.988. The molecule has 1 fully saturated rings. The number of benzene rings is 2. The van der Waals surface area contributed by atoms with Crippen LogP contribution in [0.25, 0.3) is 0 Å². The van der Waals surface area contributed by atoms with Gasteiger partial charge in [-0.15, -0.1) is 0 Å². The summed E-state index contributed by atoms with van der Waals surface area (Å²) in [5.41, 5.74) is 1.88. The molecular formula is C20H23FN2O2. The van der Waals surface area contributed by atoms with Gasteiger partial charge in [-0.25, -0.2) is 9.18 Å². The number of piperidine rings is 1. The molecule has 1 saturated heterocycles. The van der Waals surface area contributed by atoms with Gasteiger partial charge in [-0.1, -0.05) is 60.7 Å². The Hall–Kier alpha value is -2.40. The summed E-state index contributed by atoms with van der Waals surface area (Å²) in [5.74, 6) is 0. The molecule has 2 atom stereocenters. The zero-order valence-corrected chi connectivity index (χ0v) is 14.1. The van der Waals surface area contributed by atoms with Gasteiger partial charge >= 0.3 is 6.09 Å². The fourth-order valence-corrected chi connectivity index (χ4v) is 3.06. The van der Waals surface area contributed by atoms with Crippen LogP contribution in [0.2, 0.25) is 0 Å². The predicted octanol–water partition coefficient (Wildman–Crippen LogP) is 3.53. The van der Waals surface area contributed by atoms with Gasteiger partial charge in [-0.3, -0.25) is 4.90 Å². The highest BCUT2D eigenvalue weighted by atomic mass is 19.1. The second-order valence-corrected chi connectivity index (χ2v) is 6.23. The number of hydrogen-bond acceptors (Lipinski definition) is 3. The highest BCUT2D eigenvalue weighted by molar-refractivity contribution is 5.68. The molecule has 0 bridgehead atoms. The van der Waals surface area contributed by atoms with Gasteiger partial charge in [0.25, 0.3) is 0 Å². The third-order valence-electron chi connectivity index (χ3n) is 4.41. The molecule has 0 saturated carbocycles. The Morgan fingerprint density at radius 2 is 1.72 bits per heavy atom. The highest BCUT2D eigenvalue weighted by Gasteiger charge is 2.34. The maximum Gasteiger partial charge on any atom is 0.410 e. The van der Waals surface area contributed by atoms with E-state index in [4.69, 9.17) is 4.74 Å². The van der Waals surface area contributed by atoms with Crippen molar-refractivity contribution in [2.45, 2.75) is 31.8 Å². The van der Waals surface area contributed by atoms with Gasteiger partial charge in [0, 0.05) is 13.1 Å². The predicted molar refractivity (Wildman–Crippen MR) is 94.8 cm³/mol. The molecule has 2 unspecified atom stereocenters. The van der Waals surface area contributed by atoms with Crippen LogP contribution in [0.5, 0.6) is 0 Å². The van der Waals surface area contributed by atoms with E-state index >= 15 is 0 Å². The average molecular weight is 342 g/mol. The van der Waals surface area contributed by atoms with E-state index in [0.29, 0.717) is 19.5 Å². The molecule has 2 aromatic rings. The normalized spacial score (nSPS) is 20.0. The molecule has 3 rings (SSSR count). The number of hydrogen-bond donors (Lipinski definition) is 1. The van der Waals surface area contributed by atoms with E-state index in [0.717, 1.165) is 11.1 Å². The zero-order chi connectivity index (χ0) is 17.5. The molecule has 1 aliphatic rings. The summed E-state index contributed by atoms with van der Waals surface area (Å²) in [4.78, 5) is 14.2. The SMILES string of the molecule is O=C(OCc1ccccc1)N(Cc1ccccc1)C1CCNCC1F. The van der Waals surface area contributed by atoms with Crippen LogP contribution >= 0.6 is 0 Å². The van der Waals surface area contributed by atoms with Gasteiger partial charge in [0.1, 0.15) is 12.8 Å². The molecule has 1 heterocycles. The fraction of sp³-hybridized carbons (Fsp3) is 0.350. The van der Waals surface area contributed by atoms with E-state index in [1.54, 1.807) is 0 Å². The Labute approximate surface area is 147 Å². The molecule has 5 heteroatoms. The van der Waals surface area contributed by atoms with Gasteiger partial charge in [-0.2, -0.15) is 0 Å². The van der Waals surface area contributed by atoms with Crippen LogP contribution in [0.1, 0.15) is 17.5 Å². The Bertz CT molecular complexity index is 666. The van der Waals surface area contributed by atoms with Crippen LogP contribution in [0.15, 0.2) is 60.7 Å². The average Bonchev–Trinajstić information content (AvgIpc) is 2.66. The molecule has 0 aliphatic carbocycles. The summed E-state index contributed by atoms with van der Waals surface area (Å²) in [7, 11) is 0. The Morgan fingerprint density at radius 1 is 1.08 bits per heavy atom. The minimum Gasteiger partial charge on any atom is -0.445 e. The quantitative estimate of drug-likeness (QED) is 0.904. The first-order valence-corrected chi connectivity index (χ1v) is 8.60. The monoisotopic (exact) mass is 342 g/mol. The second-order valence-electron chi connectivity index (χ2n) is 6.23. The van der Waals surface area contributed by atoms with Crippen molar-refractivity contribution in [2.24, 2.45) is 0 Å². The maximum atomic E-state index is 14.4. The number of ether oxygens (including phenoxy) is 1. The third-order valence-corrected chi connectivity index (χ3v) is 4.41. The van der Waals surface area contributed by atoms with Crippen molar-refractivity contribution in [3.63, 3.8) is 0 Å². The lowest BCUT2D eigenvalue weighted by atomic mass is 10.0. The third kappa shape index (κ3) is 4.79. The second kappa shape index (κ2) is 8.62. The first-order valence-electron chi connectivity index (χ1n) is 8.60. The first kappa shape index (κ1) is 17.4. The van der Waals surface area contributed by atoms with Crippen LogP contribution in [0.3, 0.4) is 0 Å². The van der Waals surface area contributed by atoms with Gasteiger partial charge < -0.3 is 10.1 Å². The molecule has 1 N–H and O–H groups in total. The number of nitrogens with zero attached hydrogens (tertiary/aromatic N) is 1. The number of halogens is 1. The van der Waals surface area contributed by atoms with Crippen molar-refractivity contribution in [2.75, 3.05) is 13.1 Å². The number of alkyl halides is 1. The summed E-state index contributed by atoms with van der Waals surface area (Å²) < 4.78 is 19.9. The van der Waals surface area contributed by atoms with E-state index in [1.807, 2.05) is 60.7 Å². The molecule has 2 aromatic carbocycles. The van der Waals surface area contributed by atoms with Crippen molar-refractivity contribution in [1.82, 2.24) is 10.2 Å². The van der Waals surface area contributed by atoms with Gasteiger partial charge in [0.05, 0.1) is 6.04 Å². The minimum atomic E-state index is -1.10. The van der Waals surface area contributed by atoms with E-state index < -0.39 is 18.3 Å². The van der Waals surface area contributed by atoms with Crippen LogP contribution in [-0.4, -0.2) is 36.3 Å². The summed E-state index contributed by atoms with van der Waals surface area (Å²) in [6, 6.07) is 18.7. The minimum absolute atomic E-state index is 0.187. The Morgan fingerprint density at radius 3 is 2.36 bits per heavy atom.